The second-order valence-electron chi connectivity index (χ2n) is 5.65. The molecule has 0 amide bonds. The molecule has 0 bridgehead atoms. The fraction of sp³-hybridized carbons (Fsp3) is 0.438. The molecule has 0 fully saturated rings. The quantitative estimate of drug-likeness (QED) is 0.894. The first-order chi connectivity index (χ1) is 9.41. The topological polar surface area (TPSA) is 55.9 Å². The lowest BCUT2D eigenvalue weighted by Gasteiger charge is -2.18. The average Bonchev–Trinajstić information content (AvgIpc) is 2.67. The Morgan fingerprint density at radius 2 is 1.85 bits per heavy atom. The Labute approximate surface area is 121 Å². The third kappa shape index (κ3) is 2.64. The minimum Gasteiger partial charge on any atom is -0.394 e. The fourth-order valence-corrected chi connectivity index (χ4v) is 2.51. The summed E-state index contributed by atoms with van der Waals surface area (Å²) in [5.41, 5.74) is 10.5. The maximum absolute atomic E-state index is 6.22. The number of nitrogens with two attached hydrogens (primary N) is 1. The van der Waals surface area contributed by atoms with Gasteiger partial charge in [0.2, 0.25) is 0 Å². The molecule has 0 aliphatic rings. The van der Waals surface area contributed by atoms with Crippen LogP contribution in [-0.2, 0) is 7.05 Å². The minimum atomic E-state index is 0.189. The van der Waals surface area contributed by atoms with Gasteiger partial charge in [0, 0.05) is 7.05 Å². The van der Waals surface area contributed by atoms with Gasteiger partial charge >= 0.3 is 0 Å². The van der Waals surface area contributed by atoms with Crippen molar-refractivity contribution < 1.29 is 0 Å². The summed E-state index contributed by atoms with van der Waals surface area (Å²) >= 11 is 0. The summed E-state index contributed by atoms with van der Waals surface area (Å²) in [5.74, 6) is 1.22. The van der Waals surface area contributed by atoms with Gasteiger partial charge in [-0.1, -0.05) is 38.1 Å². The van der Waals surface area contributed by atoms with Crippen LogP contribution < -0.4 is 11.1 Å². The van der Waals surface area contributed by atoms with E-state index < -0.39 is 0 Å². The van der Waals surface area contributed by atoms with Crippen LogP contribution in [0.15, 0.2) is 24.3 Å². The highest BCUT2D eigenvalue weighted by molar-refractivity contribution is 5.66. The summed E-state index contributed by atoms with van der Waals surface area (Å²) in [4.78, 5) is 0. The standard InChI is InChI=1S/C16H24N4/c1-10(2)15-14(17)16(20(5)19-15)18-12(4)13-9-7-6-8-11(13)3/h6-10,12,18H,17H2,1-5H3. The van der Waals surface area contributed by atoms with Gasteiger partial charge in [-0.2, -0.15) is 5.10 Å². The van der Waals surface area contributed by atoms with Gasteiger partial charge in [0.1, 0.15) is 5.82 Å². The number of nitrogen functional groups attached to an aromatic ring is 1. The van der Waals surface area contributed by atoms with Crippen LogP contribution in [0, 0.1) is 6.92 Å². The molecule has 0 saturated heterocycles. The average molecular weight is 272 g/mol. The molecule has 0 aliphatic heterocycles. The maximum atomic E-state index is 6.22. The predicted molar refractivity (Wildman–Crippen MR) is 84.9 cm³/mol. The van der Waals surface area contributed by atoms with Gasteiger partial charge < -0.3 is 11.1 Å². The molecule has 3 N–H and O–H groups in total. The van der Waals surface area contributed by atoms with Crippen molar-refractivity contribution in [1.29, 1.82) is 0 Å². The number of nitrogens with zero attached hydrogens (tertiary/aromatic N) is 2. The summed E-state index contributed by atoms with van der Waals surface area (Å²) in [6, 6.07) is 8.57. The summed E-state index contributed by atoms with van der Waals surface area (Å²) in [6.45, 7) is 8.48. The molecule has 2 aromatic rings. The SMILES string of the molecule is Cc1ccccc1C(C)Nc1c(N)c(C(C)C)nn1C. The van der Waals surface area contributed by atoms with Gasteiger partial charge in [-0.3, -0.25) is 4.68 Å². The van der Waals surface area contributed by atoms with Crippen molar-refractivity contribution >= 4 is 11.5 Å². The van der Waals surface area contributed by atoms with Crippen LogP contribution in [0.4, 0.5) is 11.5 Å². The molecule has 2 rings (SSSR count). The molecule has 4 nitrogen and oxygen atoms in total. The summed E-state index contributed by atoms with van der Waals surface area (Å²) < 4.78 is 1.83. The van der Waals surface area contributed by atoms with E-state index in [1.54, 1.807) is 0 Å². The maximum Gasteiger partial charge on any atom is 0.148 e. The molecule has 0 radical (unpaired) electrons. The zero-order chi connectivity index (χ0) is 14.9. The zero-order valence-electron chi connectivity index (χ0n) is 12.9. The smallest absolute Gasteiger partial charge is 0.148 e. The fourth-order valence-electron chi connectivity index (χ4n) is 2.51. The first-order valence-electron chi connectivity index (χ1n) is 7.06. The number of anilines is 2. The van der Waals surface area contributed by atoms with E-state index in [1.165, 1.54) is 11.1 Å². The van der Waals surface area contributed by atoms with E-state index in [0.29, 0.717) is 5.92 Å². The van der Waals surface area contributed by atoms with E-state index in [9.17, 15) is 0 Å². The van der Waals surface area contributed by atoms with Crippen LogP contribution >= 0.6 is 0 Å². The number of benzene rings is 1. The Morgan fingerprint density at radius 1 is 1.20 bits per heavy atom. The highest BCUT2D eigenvalue weighted by Gasteiger charge is 2.18. The van der Waals surface area contributed by atoms with Gasteiger partial charge in [0.05, 0.1) is 17.4 Å². The Bertz CT molecular complexity index is 599. The first-order valence-corrected chi connectivity index (χ1v) is 7.06. The summed E-state index contributed by atoms with van der Waals surface area (Å²) in [6.07, 6.45) is 0. The lowest BCUT2D eigenvalue weighted by atomic mass is 10.0. The van der Waals surface area contributed by atoms with Crippen molar-refractivity contribution in [3.63, 3.8) is 0 Å². The molecule has 1 aromatic carbocycles. The molecule has 1 unspecified atom stereocenters. The normalized spacial score (nSPS) is 12.7. The van der Waals surface area contributed by atoms with Crippen molar-refractivity contribution in [2.45, 2.75) is 39.7 Å². The van der Waals surface area contributed by atoms with E-state index >= 15 is 0 Å². The Kier molecular flexibility index (Phi) is 4.02. The van der Waals surface area contributed by atoms with E-state index in [2.05, 4.69) is 62.4 Å². The molecule has 0 spiro atoms. The lowest BCUT2D eigenvalue weighted by Crippen LogP contribution is -2.12. The van der Waals surface area contributed by atoms with Gasteiger partial charge in [0.15, 0.2) is 0 Å². The number of rotatable bonds is 4. The minimum absolute atomic E-state index is 0.189. The molecule has 1 aromatic heterocycles. The number of nitrogens with one attached hydrogen (secondary N) is 1. The third-order valence-electron chi connectivity index (χ3n) is 3.67. The second kappa shape index (κ2) is 5.57. The molecular weight excluding hydrogens is 248 g/mol. The molecular formula is C16H24N4. The van der Waals surface area contributed by atoms with E-state index in [1.807, 2.05) is 11.7 Å². The van der Waals surface area contributed by atoms with Gasteiger partial charge in [-0.15, -0.1) is 0 Å². The first kappa shape index (κ1) is 14.4. The van der Waals surface area contributed by atoms with E-state index in [0.717, 1.165) is 17.2 Å². The zero-order valence-corrected chi connectivity index (χ0v) is 12.9. The molecule has 1 heterocycles. The molecule has 1 atom stereocenters. The van der Waals surface area contributed by atoms with E-state index in [4.69, 9.17) is 5.73 Å². The highest BCUT2D eigenvalue weighted by Crippen LogP contribution is 2.30. The van der Waals surface area contributed by atoms with Crippen molar-refractivity contribution in [3.8, 4) is 0 Å². The number of hydrogen-bond acceptors (Lipinski definition) is 3. The van der Waals surface area contributed by atoms with Gasteiger partial charge in [0.25, 0.3) is 0 Å². The Hall–Kier alpha value is -1.97. The van der Waals surface area contributed by atoms with Crippen molar-refractivity contribution in [1.82, 2.24) is 9.78 Å². The highest BCUT2D eigenvalue weighted by atomic mass is 15.3. The van der Waals surface area contributed by atoms with Crippen molar-refractivity contribution in [2.75, 3.05) is 11.1 Å². The molecule has 0 saturated carbocycles. The van der Waals surface area contributed by atoms with Crippen LogP contribution in [0.5, 0.6) is 0 Å². The predicted octanol–water partition coefficient (Wildman–Crippen LogP) is 3.61. The van der Waals surface area contributed by atoms with Crippen LogP contribution in [0.1, 0.15) is 49.6 Å². The second-order valence-corrected chi connectivity index (χ2v) is 5.65. The summed E-state index contributed by atoms with van der Waals surface area (Å²) in [5, 5.41) is 7.99. The Balaban J connectivity index is 2.29. The third-order valence-corrected chi connectivity index (χ3v) is 3.67. The Morgan fingerprint density at radius 3 is 2.40 bits per heavy atom. The molecule has 20 heavy (non-hydrogen) atoms. The van der Waals surface area contributed by atoms with Gasteiger partial charge in [-0.25, -0.2) is 0 Å². The van der Waals surface area contributed by atoms with Crippen molar-refractivity contribution in [3.05, 3.63) is 41.1 Å². The molecule has 108 valence electrons. The largest absolute Gasteiger partial charge is 0.394 e. The molecule has 4 heteroatoms. The van der Waals surface area contributed by atoms with Crippen molar-refractivity contribution in [2.24, 2.45) is 7.05 Å². The van der Waals surface area contributed by atoms with Gasteiger partial charge in [-0.05, 0) is 30.9 Å². The van der Waals surface area contributed by atoms with E-state index in [-0.39, 0.29) is 6.04 Å². The van der Waals surface area contributed by atoms with Crippen LogP contribution in [-0.4, -0.2) is 9.78 Å². The number of hydrogen-bond donors (Lipinski definition) is 2. The van der Waals surface area contributed by atoms with Crippen LogP contribution in [0.25, 0.3) is 0 Å². The summed E-state index contributed by atoms with van der Waals surface area (Å²) in [7, 11) is 1.93. The molecule has 0 aliphatic carbocycles. The monoisotopic (exact) mass is 272 g/mol. The van der Waals surface area contributed by atoms with Crippen LogP contribution in [0.2, 0.25) is 0 Å². The number of aryl methyl sites for hydroxylation is 2. The lowest BCUT2D eigenvalue weighted by molar-refractivity contribution is 0.708. The van der Waals surface area contributed by atoms with Crippen LogP contribution in [0.3, 0.4) is 0 Å². The number of aromatic nitrogens is 2.